The van der Waals surface area contributed by atoms with Gasteiger partial charge in [-0.25, -0.2) is 4.79 Å². The van der Waals surface area contributed by atoms with E-state index < -0.39 is 17.2 Å². The molecule has 0 radical (unpaired) electrons. The highest BCUT2D eigenvalue weighted by molar-refractivity contribution is 8.18. The molecule has 1 heterocycles. The molecule has 4 amide bonds. The molecule has 2 aromatic rings. The second kappa shape index (κ2) is 7.75. The molecule has 1 saturated heterocycles. The molecule has 8 heteroatoms. The van der Waals surface area contributed by atoms with E-state index in [-0.39, 0.29) is 0 Å². The number of imide groups is 1. The monoisotopic (exact) mass is 369 g/mol. The second-order valence-corrected chi connectivity index (χ2v) is 6.27. The molecule has 0 atom stereocenters. The maximum absolute atomic E-state index is 12.2. The maximum Gasteiger partial charge on any atom is 0.323 e. The lowest BCUT2D eigenvalue weighted by Gasteiger charge is -2.12. The number of hydrogen-bond donors (Lipinski definition) is 3. The van der Waals surface area contributed by atoms with Gasteiger partial charge in [0.2, 0.25) is 0 Å². The summed E-state index contributed by atoms with van der Waals surface area (Å²) in [5, 5.41) is 7.22. The van der Waals surface area contributed by atoms with E-state index in [4.69, 9.17) is 4.74 Å². The Morgan fingerprint density at radius 2 is 1.88 bits per heavy atom. The Kier molecular flexibility index (Phi) is 5.23. The van der Waals surface area contributed by atoms with Crippen LogP contribution in [0.5, 0.6) is 5.75 Å². The molecule has 0 saturated carbocycles. The first-order chi connectivity index (χ1) is 12.5. The highest BCUT2D eigenvalue weighted by atomic mass is 32.2. The van der Waals surface area contributed by atoms with Crippen molar-refractivity contribution < 1.29 is 19.1 Å². The lowest BCUT2D eigenvalue weighted by atomic mass is 10.1. The minimum atomic E-state index is -0.438. The molecule has 3 N–H and O–H groups in total. The van der Waals surface area contributed by atoms with Gasteiger partial charge in [0.25, 0.3) is 11.1 Å². The Bertz CT molecular complexity index is 897. The summed E-state index contributed by atoms with van der Waals surface area (Å²) in [7, 11) is 1.49. The van der Waals surface area contributed by atoms with E-state index in [1.54, 1.807) is 36.4 Å². The van der Waals surface area contributed by atoms with E-state index >= 15 is 0 Å². The lowest BCUT2D eigenvalue weighted by Crippen LogP contribution is -2.19. The summed E-state index contributed by atoms with van der Waals surface area (Å²) in [5.74, 6) is 0.0297. The Morgan fingerprint density at radius 3 is 2.54 bits per heavy atom. The number of para-hydroxylation sites is 1. The van der Waals surface area contributed by atoms with Gasteiger partial charge in [-0.2, -0.15) is 0 Å². The van der Waals surface area contributed by atoms with Gasteiger partial charge in [-0.3, -0.25) is 14.9 Å². The molecule has 2 aromatic carbocycles. The number of methoxy groups -OCH3 is 1. The van der Waals surface area contributed by atoms with Crippen molar-refractivity contribution in [2.45, 2.75) is 0 Å². The van der Waals surface area contributed by atoms with Crippen LogP contribution in [0, 0.1) is 0 Å². The molecule has 1 fully saturated rings. The average Bonchev–Trinajstić information content (AvgIpc) is 2.93. The third-order valence-electron chi connectivity index (χ3n) is 3.44. The number of benzene rings is 2. The number of thioether (sulfide) groups is 1. The highest BCUT2D eigenvalue weighted by Crippen LogP contribution is 2.30. The number of hydrogen-bond acceptors (Lipinski definition) is 5. The summed E-state index contributed by atoms with van der Waals surface area (Å²) >= 11 is 0.831. The van der Waals surface area contributed by atoms with Crippen molar-refractivity contribution in [3.05, 3.63) is 59.0 Å². The van der Waals surface area contributed by atoms with Gasteiger partial charge in [-0.05, 0) is 47.7 Å². The number of amides is 4. The zero-order valence-corrected chi connectivity index (χ0v) is 14.6. The van der Waals surface area contributed by atoms with E-state index in [1.807, 2.05) is 18.2 Å². The summed E-state index contributed by atoms with van der Waals surface area (Å²) in [6.07, 6.45) is 1.57. The van der Waals surface area contributed by atoms with Gasteiger partial charge in [0.1, 0.15) is 5.75 Å². The van der Waals surface area contributed by atoms with Gasteiger partial charge in [0.05, 0.1) is 17.7 Å². The third-order valence-corrected chi connectivity index (χ3v) is 4.25. The van der Waals surface area contributed by atoms with Crippen molar-refractivity contribution in [3.8, 4) is 5.75 Å². The van der Waals surface area contributed by atoms with Crippen LogP contribution in [0.4, 0.5) is 21.0 Å². The minimum Gasteiger partial charge on any atom is -0.495 e. The smallest absolute Gasteiger partial charge is 0.323 e. The van der Waals surface area contributed by atoms with Crippen molar-refractivity contribution in [1.82, 2.24) is 5.32 Å². The van der Waals surface area contributed by atoms with Crippen LogP contribution in [-0.2, 0) is 4.79 Å². The fraction of sp³-hybridized carbons (Fsp3) is 0.0556. The van der Waals surface area contributed by atoms with Gasteiger partial charge in [0, 0.05) is 5.69 Å². The van der Waals surface area contributed by atoms with Crippen molar-refractivity contribution in [2.75, 3.05) is 17.7 Å². The first-order valence-electron chi connectivity index (χ1n) is 7.61. The number of carbonyl (C=O) groups is 3. The van der Waals surface area contributed by atoms with Crippen molar-refractivity contribution in [3.63, 3.8) is 0 Å². The lowest BCUT2D eigenvalue weighted by molar-refractivity contribution is -0.115. The minimum absolute atomic E-state index is 0.292. The van der Waals surface area contributed by atoms with Gasteiger partial charge >= 0.3 is 6.03 Å². The van der Waals surface area contributed by atoms with Crippen LogP contribution >= 0.6 is 11.8 Å². The summed E-state index contributed by atoms with van der Waals surface area (Å²) in [6, 6.07) is 13.6. The summed E-state index contributed by atoms with van der Waals surface area (Å²) in [6.45, 7) is 0. The number of anilines is 2. The molecule has 0 bridgehead atoms. The predicted molar refractivity (Wildman–Crippen MR) is 101 cm³/mol. The van der Waals surface area contributed by atoms with Crippen molar-refractivity contribution in [1.29, 1.82) is 0 Å². The third kappa shape index (κ3) is 4.22. The Morgan fingerprint density at radius 1 is 1.12 bits per heavy atom. The maximum atomic E-state index is 12.2. The number of carbonyl (C=O) groups excluding carboxylic acids is 3. The van der Waals surface area contributed by atoms with E-state index in [0.29, 0.717) is 27.6 Å². The summed E-state index contributed by atoms with van der Waals surface area (Å²) in [4.78, 5) is 35.4. The number of urea groups is 1. The number of rotatable bonds is 4. The quantitative estimate of drug-likeness (QED) is 0.715. The zero-order valence-electron chi connectivity index (χ0n) is 13.7. The number of nitrogens with one attached hydrogen (secondary N) is 3. The Balaban J connectivity index is 1.79. The van der Waals surface area contributed by atoms with E-state index in [1.165, 1.54) is 7.11 Å². The Hall–Kier alpha value is -3.26. The summed E-state index contributed by atoms with van der Waals surface area (Å²) in [5.41, 5.74) is 1.73. The molecule has 1 aliphatic rings. The van der Waals surface area contributed by atoms with Crippen LogP contribution in [-0.4, -0.2) is 24.3 Å². The fourth-order valence-electron chi connectivity index (χ4n) is 2.29. The highest BCUT2D eigenvalue weighted by Gasteiger charge is 2.25. The molecule has 3 rings (SSSR count). The SMILES string of the molecule is COc1ccc(/C=C2/SC(=O)NC2=O)cc1NC(=O)Nc1ccccc1. The Labute approximate surface area is 153 Å². The van der Waals surface area contributed by atoms with Gasteiger partial charge in [-0.15, -0.1) is 0 Å². The number of ether oxygens (including phenoxy) is 1. The summed E-state index contributed by atoms with van der Waals surface area (Å²) < 4.78 is 5.26. The van der Waals surface area contributed by atoms with Crippen molar-refractivity contribution >= 4 is 46.4 Å². The average molecular weight is 369 g/mol. The van der Waals surface area contributed by atoms with Crippen LogP contribution in [0.2, 0.25) is 0 Å². The standard InChI is InChI=1S/C18H15N3O4S/c1-25-14-8-7-11(10-15-16(22)21-18(24)26-15)9-13(14)20-17(23)19-12-5-3-2-4-6-12/h2-10H,1H3,(H2,19,20,23)(H,21,22,24)/b15-10+. The molecule has 0 unspecified atom stereocenters. The topological polar surface area (TPSA) is 96.5 Å². The van der Waals surface area contributed by atoms with Gasteiger partial charge < -0.3 is 15.4 Å². The van der Waals surface area contributed by atoms with Crippen LogP contribution in [0.15, 0.2) is 53.4 Å². The largest absolute Gasteiger partial charge is 0.495 e. The van der Waals surface area contributed by atoms with E-state index in [2.05, 4.69) is 16.0 Å². The molecule has 1 aliphatic heterocycles. The van der Waals surface area contributed by atoms with Gasteiger partial charge in [0.15, 0.2) is 0 Å². The zero-order chi connectivity index (χ0) is 18.5. The first-order valence-corrected chi connectivity index (χ1v) is 8.43. The van der Waals surface area contributed by atoms with E-state index in [9.17, 15) is 14.4 Å². The first kappa shape index (κ1) is 17.6. The predicted octanol–water partition coefficient (Wildman–Crippen LogP) is 3.66. The normalized spacial score (nSPS) is 14.9. The van der Waals surface area contributed by atoms with Gasteiger partial charge in [-0.1, -0.05) is 24.3 Å². The van der Waals surface area contributed by atoms with Crippen molar-refractivity contribution in [2.24, 2.45) is 0 Å². The van der Waals surface area contributed by atoms with Crippen LogP contribution in [0.25, 0.3) is 6.08 Å². The molecule has 0 spiro atoms. The molecule has 132 valence electrons. The molecule has 0 aromatic heterocycles. The molecular formula is C18H15N3O4S. The van der Waals surface area contributed by atoms with E-state index in [0.717, 1.165) is 11.8 Å². The molecule has 0 aliphatic carbocycles. The molecule has 26 heavy (non-hydrogen) atoms. The molecule has 7 nitrogen and oxygen atoms in total. The molecular weight excluding hydrogens is 354 g/mol. The van der Waals surface area contributed by atoms with Crippen LogP contribution in [0.3, 0.4) is 0 Å². The van der Waals surface area contributed by atoms with Crippen LogP contribution in [0.1, 0.15) is 5.56 Å². The second-order valence-electron chi connectivity index (χ2n) is 5.26. The van der Waals surface area contributed by atoms with Crippen LogP contribution < -0.4 is 20.7 Å². The fourth-order valence-corrected chi connectivity index (χ4v) is 2.97.